The van der Waals surface area contributed by atoms with E-state index in [1.54, 1.807) is 6.07 Å². The molecule has 0 aliphatic carbocycles. The fraction of sp³-hybridized carbons (Fsp3) is 0.650. The number of hydrogen-bond acceptors (Lipinski definition) is 4. The van der Waals surface area contributed by atoms with Crippen LogP contribution < -0.4 is 0 Å². The van der Waals surface area contributed by atoms with Crippen molar-refractivity contribution in [3.8, 4) is 0 Å². The number of halogens is 1. The molecule has 5 heteroatoms. The zero-order valence-corrected chi connectivity index (χ0v) is 14.7. The normalized spacial score (nSPS) is 30.8. The van der Waals surface area contributed by atoms with Crippen molar-refractivity contribution in [2.45, 2.75) is 44.2 Å². The molecule has 0 saturated carbocycles. The maximum absolute atomic E-state index is 13.8. The zero-order chi connectivity index (χ0) is 17.2. The molecule has 0 spiro atoms. The van der Waals surface area contributed by atoms with Crippen LogP contribution in [0, 0.1) is 11.7 Å². The van der Waals surface area contributed by atoms with Gasteiger partial charge >= 0.3 is 5.97 Å². The van der Waals surface area contributed by atoms with E-state index in [4.69, 9.17) is 4.74 Å². The number of ether oxygens (including phenoxy) is 1. The Labute approximate surface area is 148 Å². The van der Waals surface area contributed by atoms with E-state index >= 15 is 0 Å². The predicted molar refractivity (Wildman–Crippen MR) is 93.6 cm³/mol. The fourth-order valence-electron chi connectivity index (χ4n) is 4.61. The number of carbonyl (C=O) groups excluding carboxylic acids is 1. The van der Waals surface area contributed by atoms with Crippen LogP contribution in [-0.2, 0) is 9.53 Å². The number of likely N-dealkylation sites (tertiary alicyclic amines) is 1. The lowest BCUT2D eigenvalue weighted by Gasteiger charge is -2.44. The molecule has 0 aromatic heterocycles. The number of rotatable bonds is 4. The SMILES string of the molecule is O=C(OC1CN2CCC1CC2)C(c1cccc(F)c1)N1CCCCC1. The van der Waals surface area contributed by atoms with Gasteiger partial charge in [-0.2, -0.15) is 0 Å². The minimum Gasteiger partial charge on any atom is -0.459 e. The summed E-state index contributed by atoms with van der Waals surface area (Å²) in [7, 11) is 0. The molecule has 4 fully saturated rings. The molecule has 1 aromatic rings. The highest BCUT2D eigenvalue weighted by atomic mass is 19.1. The average Bonchev–Trinajstić information content (AvgIpc) is 2.64. The van der Waals surface area contributed by atoms with Gasteiger partial charge in [-0.1, -0.05) is 18.6 Å². The Morgan fingerprint density at radius 3 is 2.52 bits per heavy atom. The summed E-state index contributed by atoms with van der Waals surface area (Å²) in [6.07, 6.45) is 5.59. The Bertz CT molecular complexity index is 609. The number of piperidine rings is 4. The third-order valence-corrected chi connectivity index (χ3v) is 6.01. The molecular weight excluding hydrogens is 319 g/mol. The summed E-state index contributed by atoms with van der Waals surface area (Å²) in [5.41, 5.74) is 0.716. The molecule has 2 bridgehead atoms. The number of nitrogens with zero attached hydrogens (tertiary/aromatic N) is 2. The van der Waals surface area contributed by atoms with E-state index in [2.05, 4.69) is 9.80 Å². The van der Waals surface area contributed by atoms with Gasteiger partial charge in [0.15, 0.2) is 0 Å². The number of carbonyl (C=O) groups is 1. The summed E-state index contributed by atoms with van der Waals surface area (Å²) in [5.74, 6) is -0.00939. The third kappa shape index (κ3) is 3.72. The maximum Gasteiger partial charge on any atom is 0.328 e. The second kappa shape index (κ2) is 7.42. The van der Waals surface area contributed by atoms with E-state index in [1.807, 2.05) is 6.07 Å². The van der Waals surface area contributed by atoms with Crippen molar-refractivity contribution in [2.24, 2.45) is 5.92 Å². The molecule has 4 aliphatic heterocycles. The third-order valence-electron chi connectivity index (χ3n) is 6.01. The lowest BCUT2D eigenvalue weighted by molar-refractivity contribution is -0.166. The first-order chi connectivity index (χ1) is 12.2. The van der Waals surface area contributed by atoms with Gasteiger partial charge in [0.2, 0.25) is 0 Å². The van der Waals surface area contributed by atoms with Crippen molar-refractivity contribution >= 4 is 5.97 Å². The molecule has 2 unspecified atom stereocenters. The van der Waals surface area contributed by atoms with Gasteiger partial charge in [0.05, 0.1) is 0 Å². The van der Waals surface area contributed by atoms with E-state index in [1.165, 1.54) is 18.6 Å². The topological polar surface area (TPSA) is 32.8 Å². The van der Waals surface area contributed by atoms with Gasteiger partial charge in [-0.05, 0) is 75.5 Å². The minimum absolute atomic E-state index is 0.00384. The molecule has 0 amide bonds. The monoisotopic (exact) mass is 346 g/mol. The van der Waals surface area contributed by atoms with Gasteiger partial charge in [0.25, 0.3) is 0 Å². The summed E-state index contributed by atoms with van der Waals surface area (Å²) in [6.45, 7) is 4.84. The van der Waals surface area contributed by atoms with Crippen molar-refractivity contribution in [3.63, 3.8) is 0 Å². The minimum atomic E-state index is -0.480. The van der Waals surface area contributed by atoms with Crippen LogP contribution in [0.25, 0.3) is 0 Å². The van der Waals surface area contributed by atoms with Crippen molar-refractivity contribution < 1.29 is 13.9 Å². The molecule has 1 aromatic carbocycles. The number of esters is 1. The van der Waals surface area contributed by atoms with Crippen molar-refractivity contribution in [1.29, 1.82) is 0 Å². The Hall–Kier alpha value is -1.46. The standard InChI is InChI=1S/C20H27FN2O2/c21-17-6-4-5-16(13-17)19(23-9-2-1-3-10-23)20(24)25-18-14-22-11-7-15(18)8-12-22/h4-6,13,15,18-19H,1-3,7-12,14H2. The van der Waals surface area contributed by atoms with Crippen molar-refractivity contribution in [2.75, 3.05) is 32.7 Å². The smallest absolute Gasteiger partial charge is 0.328 e. The second-order valence-corrected chi connectivity index (χ2v) is 7.67. The van der Waals surface area contributed by atoms with Crippen LogP contribution in [0.4, 0.5) is 4.39 Å². The fourth-order valence-corrected chi connectivity index (χ4v) is 4.61. The van der Waals surface area contributed by atoms with Crippen LogP contribution in [0.2, 0.25) is 0 Å². The molecule has 4 nitrogen and oxygen atoms in total. The molecule has 4 aliphatic rings. The summed E-state index contributed by atoms with van der Waals surface area (Å²) in [6, 6.07) is 5.96. The Morgan fingerprint density at radius 1 is 1.12 bits per heavy atom. The molecule has 2 atom stereocenters. The average molecular weight is 346 g/mol. The molecule has 0 N–H and O–H groups in total. The quantitative estimate of drug-likeness (QED) is 0.785. The molecule has 25 heavy (non-hydrogen) atoms. The molecule has 4 heterocycles. The first-order valence-corrected chi connectivity index (χ1v) is 9.63. The summed E-state index contributed by atoms with van der Waals surface area (Å²) < 4.78 is 19.8. The lowest BCUT2D eigenvalue weighted by Crippen LogP contribution is -2.52. The number of benzene rings is 1. The van der Waals surface area contributed by atoms with Crippen LogP contribution in [0.15, 0.2) is 24.3 Å². The van der Waals surface area contributed by atoms with E-state index in [-0.39, 0.29) is 17.9 Å². The van der Waals surface area contributed by atoms with E-state index in [0.29, 0.717) is 11.5 Å². The highest BCUT2D eigenvalue weighted by molar-refractivity contribution is 5.78. The Kier molecular flexibility index (Phi) is 5.04. The van der Waals surface area contributed by atoms with Gasteiger partial charge in [-0.25, -0.2) is 9.18 Å². The Morgan fingerprint density at radius 2 is 1.88 bits per heavy atom. The summed E-state index contributed by atoms with van der Waals surface area (Å²) >= 11 is 0. The second-order valence-electron chi connectivity index (χ2n) is 7.67. The summed E-state index contributed by atoms with van der Waals surface area (Å²) in [4.78, 5) is 17.6. The van der Waals surface area contributed by atoms with Crippen molar-refractivity contribution in [3.05, 3.63) is 35.6 Å². The van der Waals surface area contributed by atoms with Crippen LogP contribution in [0.1, 0.15) is 43.7 Å². The molecule has 136 valence electrons. The summed E-state index contributed by atoms with van der Waals surface area (Å²) in [5, 5.41) is 0. The molecule has 4 saturated heterocycles. The van der Waals surface area contributed by atoms with Gasteiger partial charge in [-0.3, -0.25) is 9.80 Å². The Balaban J connectivity index is 1.53. The first-order valence-electron chi connectivity index (χ1n) is 9.63. The van der Waals surface area contributed by atoms with Crippen LogP contribution in [0.3, 0.4) is 0 Å². The molecular formula is C20H27FN2O2. The van der Waals surface area contributed by atoms with Crippen LogP contribution >= 0.6 is 0 Å². The zero-order valence-electron chi connectivity index (χ0n) is 14.7. The number of fused-ring (bicyclic) bond motifs is 3. The lowest BCUT2D eigenvalue weighted by atomic mass is 9.86. The van der Waals surface area contributed by atoms with Gasteiger partial charge in [0, 0.05) is 6.54 Å². The largest absolute Gasteiger partial charge is 0.459 e. The van der Waals surface area contributed by atoms with E-state index in [0.717, 1.165) is 58.4 Å². The van der Waals surface area contributed by atoms with Gasteiger partial charge in [-0.15, -0.1) is 0 Å². The first kappa shape index (κ1) is 17.0. The predicted octanol–water partition coefficient (Wildman–Crippen LogP) is 2.99. The van der Waals surface area contributed by atoms with Crippen molar-refractivity contribution in [1.82, 2.24) is 9.80 Å². The highest BCUT2D eigenvalue weighted by Gasteiger charge is 2.39. The highest BCUT2D eigenvalue weighted by Crippen LogP contribution is 2.32. The number of hydrogen-bond donors (Lipinski definition) is 0. The van der Waals surface area contributed by atoms with Gasteiger partial charge < -0.3 is 4.74 Å². The van der Waals surface area contributed by atoms with Crippen LogP contribution in [0.5, 0.6) is 0 Å². The van der Waals surface area contributed by atoms with Gasteiger partial charge in [0.1, 0.15) is 18.0 Å². The van der Waals surface area contributed by atoms with Crippen LogP contribution in [-0.4, -0.2) is 54.6 Å². The van der Waals surface area contributed by atoms with E-state index < -0.39 is 6.04 Å². The van der Waals surface area contributed by atoms with E-state index in [9.17, 15) is 9.18 Å². The molecule has 0 radical (unpaired) electrons. The maximum atomic E-state index is 13.8. The molecule has 5 rings (SSSR count).